The van der Waals surface area contributed by atoms with E-state index in [9.17, 15) is 0 Å². The maximum absolute atomic E-state index is 5.80. The summed E-state index contributed by atoms with van der Waals surface area (Å²) in [4.78, 5) is 2.48. The van der Waals surface area contributed by atoms with Crippen LogP contribution in [0, 0.1) is 11.3 Å². The van der Waals surface area contributed by atoms with Crippen molar-refractivity contribution in [3.63, 3.8) is 0 Å². The smallest absolute Gasteiger partial charge is 0.0163 e. The lowest BCUT2D eigenvalue weighted by atomic mass is 9.81. The first-order chi connectivity index (χ1) is 6.12. The van der Waals surface area contributed by atoms with E-state index < -0.39 is 0 Å². The topological polar surface area (TPSA) is 29.3 Å². The van der Waals surface area contributed by atoms with Crippen molar-refractivity contribution in [3.05, 3.63) is 12.2 Å². The van der Waals surface area contributed by atoms with Crippen molar-refractivity contribution < 1.29 is 0 Å². The third-order valence-electron chi connectivity index (χ3n) is 3.37. The van der Waals surface area contributed by atoms with Crippen LogP contribution in [0.25, 0.3) is 0 Å². The van der Waals surface area contributed by atoms with Crippen LogP contribution in [0.2, 0.25) is 0 Å². The highest BCUT2D eigenvalue weighted by atomic mass is 15.2. The highest BCUT2D eigenvalue weighted by molar-refractivity contribution is 4.95. The standard InChI is InChI=1S/C11H22N2/c1-4-5-6-13-7-10(2)11(3,8-12)9-13/h4-5,10H,6-9,12H2,1-3H3/b5-4+. The molecule has 76 valence electrons. The predicted molar refractivity (Wildman–Crippen MR) is 57.6 cm³/mol. The molecule has 1 heterocycles. The molecule has 0 saturated carbocycles. The lowest BCUT2D eigenvalue weighted by Crippen LogP contribution is -2.34. The van der Waals surface area contributed by atoms with Gasteiger partial charge in [0.25, 0.3) is 0 Å². The fourth-order valence-electron chi connectivity index (χ4n) is 2.00. The van der Waals surface area contributed by atoms with Gasteiger partial charge in [0.15, 0.2) is 0 Å². The molecule has 2 heteroatoms. The van der Waals surface area contributed by atoms with E-state index >= 15 is 0 Å². The van der Waals surface area contributed by atoms with Crippen molar-refractivity contribution in [2.45, 2.75) is 20.8 Å². The summed E-state index contributed by atoms with van der Waals surface area (Å²) in [6.07, 6.45) is 4.33. The van der Waals surface area contributed by atoms with E-state index in [-0.39, 0.29) is 0 Å². The molecule has 1 saturated heterocycles. The molecule has 0 amide bonds. The van der Waals surface area contributed by atoms with Crippen LogP contribution in [0.4, 0.5) is 0 Å². The second-order valence-corrected chi connectivity index (χ2v) is 4.52. The number of hydrogen-bond acceptors (Lipinski definition) is 2. The van der Waals surface area contributed by atoms with E-state index in [1.165, 1.54) is 6.54 Å². The number of allylic oxidation sites excluding steroid dienone is 1. The van der Waals surface area contributed by atoms with Gasteiger partial charge in [-0.2, -0.15) is 0 Å². The molecule has 0 aromatic heterocycles. The van der Waals surface area contributed by atoms with Crippen molar-refractivity contribution in [3.8, 4) is 0 Å². The molecule has 2 nitrogen and oxygen atoms in total. The Bertz CT molecular complexity index is 189. The van der Waals surface area contributed by atoms with Crippen LogP contribution in [0.15, 0.2) is 12.2 Å². The molecule has 0 aromatic carbocycles. The summed E-state index contributed by atoms with van der Waals surface area (Å²) in [6, 6.07) is 0. The monoisotopic (exact) mass is 182 g/mol. The Hall–Kier alpha value is -0.340. The molecule has 1 aliphatic heterocycles. The number of rotatable bonds is 3. The molecule has 0 aromatic rings. The summed E-state index contributed by atoms with van der Waals surface area (Å²) in [5.41, 5.74) is 6.14. The largest absolute Gasteiger partial charge is 0.330 e. The Balaban J connectivity index is 2.49. The summed E-state index contributed by atoms with van der Waals surface area (Å²) < 4.78 is 0. The number of likely N-dealkylation sites (tertiary alicyclic amines) is 1. The average Bonchev–Trinajstić information content (AvgIpc) is 2.40. The number of hydrogen-bond donors (Lipinski definition) is 1. The summed E-state index contributed by atoms with van der Waals surface area (Å²) >= 11 is 0. The van der Waals surface area contributed by atoms with E-state index in [4.69, 9.17) is 5.73 Å². The molecular formula is C11H22N2. The average molecular weight is 182 g/mol. The normalized spacial score (nSPS) is 36.2. The van der Waals surface area contributed by atoms with Crippen LogP contribution in [-0.2, 0) is 0 Å². The predicted octanol–water partition coefficient (Wildman–Crippen LogP) is 1.48. The van der Waals surface area contributed by atoms with Crippen LogP contribution < -0.4 is 5.73 Å². The molecule has 1 fully saturated rings. The third kappa shape index (κ3) is 2.32. The zero-order chi connectivity index (χ0) is 9.90. The SMILES string of the molecule is C/C=C/CN1CC(C)C(C)(CN)C1. The molecule has 2 N–H and O–H groups in total. The molecule has 0 spiro atoms. The second kappa shape index (κ2) is 4.25. The van der Waals surface area contributed by atoms with Gasteiger partial charge < -0.3 is 5.73 Å². The molecule has 2 unspecified atom stereocenters. The van der Waals surface area contributed by atoms with Crippen LogP contribution in [0.3, 0.4) is 0 Å². The van der Waals surface area contributed by atoms with Gasteiger partial charge in [-0.3, -0.25) is 4.90 Å². The van der Waals surface area contributed by atoms with Crippen LogP contribution in [0.1, 0.15) is 20.8 Å². The summed E-state index contributed by atoms with van der Waals surface area (Å²) in [7, 11) is 0. The Kier molecular flexibility index (Phi) is 3.51. The summed E-state index contributed by atoms with van der Waals surface area (Å²) in [6.45, 7) is 10.9. The van der Waals surface area contributed by atoms with E-state index in [1.54, 1.807) is 0 Å². The third-order valence-corrected chi connectivity index (χ3v) is 3.37. The first-order valence-corrected chi connectivity index (χ1v) is 5.16. The van der Waals surface area contributed by atoms with Crippen molar-refractivity contribution in [1.29, 1.82) is 0 Å². The van der Waals surface area contributed by atoms with E-state index in [2.05, 4.69) is 37.8 Å². The van der Waals surface area contributed by atoms with E-state index in [1.807, 2.05) is 0 Å². The highest BCUT2D eigenvalue weighted by Gasteiger charge is 2.38. The minimum Gasteiger partial charge on any atom is -0.330 e. The number of nitrogens with two attached hydrogens (primary N) is 1. The van der Waals surface area contributed by atoms with Crippen molar-refractivity contribution in [1.82, 2.24) is 4.90 Å². The fraction of sp³-hybridized carbons (Fsp3) is 0.818. The maximum Gasteiger partial charge on any atom is 0.0163 e. The summed E-state index contributed by atoms with van der Waals surface area (Å²) in [5.74, 6) is 0.725. The first kappa shape index (κ1) is 10.7. The lowest BCUT2D eigenvalue weighted by molar-refractivity contribution is 0.269. The van der Waals surface area contributed by atoms with Crippen molar-refractivity contribution in [2.75, 3.05) is 26.2 Å². The van der Waals surface area contributed by atoms with Gasteiger partial charge in [0, 0.05) is 19.6 Å². The molecule has 1 rings (SSSR count). The Morgan fingerprint density at radius 1 is 1.62 bits per heavy atom. The quantitative estimate of drug-likeness (QED) is 0.670. The zero-order valence-corrected chi connectivity index (χ0v) is 9.09. The van der Waals surface area contributed by atoms with Gasteiger partial charge in [-0.05, 0) is 24.8 Å². The van der Waals surface area contributed by atoms with Crippen molar-refractivity contribution in [2.24, 2.45) is 17.1 Å². The zero-order valence-electron chi connectivity index (χ0n) is 9.09. The van der Waals surface area contributed by atoms with Gasteiger partial charge >= 0.3 is 0 Å². The Morgan fingerprint density at radius 3 is 2.77 bits per heavy atom. The van der Waals surface area contributed by atoms with Gasteiger partial charge in [0.05, 0.1) is 0 Å². The first-order valence-electron chi connectivity index (χ1n) is 5.16. The number of nitrogens with zero attached hydrogens (tertiary/aromatic N) is 1. The molecular weight excluding hydrogens is 160 g/mol. The van der Waals surface area contributed by atoms with Crippen molar-refractivity contribution >= 4 is 0 Å². The molecule has 0 bridgehead atoms. The van der Waals surface area contributed by atoms with Gasteiger partial charge in [0.1, 0.15) is 0 Å². The minimum atomic E-state index is 0.335. The van der Waals surface area contributed by atoms with E-state index in [0.717, 1.165) is 25.6 Å². The molecule has 0 radical (unpaired) electrons. The van der Waals surface area contributed by atoms with Gasteiger partial charge in [-0.15, -0.1) is 0 Å². The summed E-state index contributed by atoms with van der Waals surface area (Å²) in [5, 5.41) is 0. The maximum atomic E-state index is 5.80. The second-order valence-electron chi connectivity index (χ2n) is 4.52. The minimum absolute atomic E-state index is 0.335. The molecule has 2 atom stereocenters. The van der Waals surface area contributed by atoms with Gasteiger partial charge in [-0.25, -0.2) is 0 Å². The Morgan fingerprint density at radius 2 is 2.31 bits per heavy atom. The molecule has 13 heavy (non-hydrogen) atoms. The molecule has 0 aliphatic carbocycles. The molecule has 1 aliphatic rings. The van der Waals surface area contributed by atoms with Crippen LogP contribution in [-0.4, -0.2) is 31.1 Å². The van der Waals surface area contributed by atoms with Gasteiger partial charge in [0.2, 0.25) is 0 Å². The fourth-order valence-corrected chi connectivity index (χ4v) is 2.00. The van der Waals surface area contributed by atoms with Crippen LogP contribution >= 0.6 is 0 Å². The highest BCUT2D eigenvalue weighted by Crippen LogP contribution is 2.33. The van der Waals surface area contributed by atoms with Crippen LogP contribution in [0.5, 0.6) is 0 Å². The van der Waals surface area contributed by atoms with Gasteiger partial charge in [-0.1, -0.05) is 26.0 Å². The van der Waals surface area contributed by atoms with E-state index in [0.29, 0.717) is 5.41 Å². The lowest BCUT2D eigenvalue weighted by Gasteiger charge is -2.26. The Labute approximate surface area is 81.8 Å².